The van der Waals surface area contributed by atoms with Crippen molar-refractivity contribution in [2.24, 2.45) is 0 Å². The maximum absolute atomic E-state index is 12.0. The quantitative estimate of drug-likeness (QED) is 0.730. The van der Waals surface area contributed by atoms with Gasteiger partial charge >= 0.3 is 0 Å². The maximum atomic E-state index is 12.0. The highest BCUT2D eigenvalue weighted by Crippen LogP contribution is 2.45. The highest BCUT2D eigenvalue weighted by molar-refractivity contribution is 8.00. The second-order valence-corrected chi connectivity index (χ2v) is 6.04. The van der Waals surface area contributed by atoms with Gasteiger partial charge in [-0.2, -0.15) is 0 Å². The summed E-state index contributed by atoms with van der Waals surface area (Å²) >= 11 is 1.75. The number of rotatable bonds is 1. The highest BCUT2D eigenvalue weighted by atomic mass is 32.2. The zero-order valence-electron chi connectivity index (χ0n) is 9.16. The van der Waals surface area contributed by atoms with Crippen LogP contribution in [0.4, 0.5) is 0 Å². The monoisotopic (exact) mass is 222 g/mol. The summed E-state index contributed by atoms with van der Waals surface area (Å²) in [6, 6.07) is 5.76. The van der Waals surface area contributed by atoms with Gasteiger partial charge in [0.15, 0.2) is 5.78 Å². The van der Waals surface area contributed by atoms with Gasteiger partial charge in [-0.3, -0.25) is 4.79 Å². The lowest BCUT2D eigenvalue weighted by molar-refractivity contribution is 0.0964. The van der Waals surface area contributed by atoms with Crippen LogP contribution in [0.25, 0.3) is 0 Å². The molecule has 1 heterocycles. The number of hydrogen-bond donors (Lipinski definition) is 0. The molecule has 0 bridgehead atoms. The van der Waals surface area contributed by atoms with Crippen molar-refractivity contribution in [2.75, 3.05) is 7.11 Å². The van der Waals surface area contributed by atoms with E-state index in [-0.39, 0.29) is 10.5 Å². The van der Waals surface area contributed by atoms with E-state index in [1.54, 1.807) is 18.9 Å². The minimum Gasteiger partial charge on any atom is -0.496 e. The Bertz CT molecular complexity index is 410. The zero-order chi connectivity index (χ0) is 11.1. The molecule has 0 saturated carbocycles. The van der Waals surface area contributed by atoms with Gasteiger partial charge < -0.3 is 4.74 Å². The smallest absolute Gasteiger partial charge is 0.169 e. The van der Waals surface area contributed by atoms with Crippen molar-refractivity contribution in [3.8, 4) is 5.75 Å². The van der Waals surface area contributed by atoms with Crippen LogP contribution < -0.4 is 4.74 Å². The van der Waals surface area contributed by atoms with Crippen molar-refractivity contribution in [1.82, 2.24) is 0 Å². The van der Waals surface area contributed by atoms with Gasteiger partial charge in [0, 0.05) is 16.1 Å². The molecule has 0 N–H and O–H groups in total. The van der Waals surface area contributed by atoms with Crippen molar-refractivity contribution in [2.45, 2.75) is 29.9 Å². The molecule has 1 aliphatic rings. The fourth-order valence-electron chi connectivity index (χ4n) is 1.85. The SMILES string of the molecule is COc1cccc2c1C(=O)CC(C)(C)S2. The molecule has 2 rings (SSSR count). The van der Waals surface area contributed by atoms with Crippen LogP contribution in [-0.2, 0) is 0 Å². The van der Waals surface area contributed by atoms with Crippen LogP contribution in [0.3, 0.4) is 0 Å². The largest absolute Gasteiger partial charge is 0.496 e. The first-order chi connectivity index (χ1) is 7.03. The number of methoxy groups -OCH3 is 1. The molecule has 1 aliphatic heterocycles. The summed E-state index contributed by atoms with van der Waals surface area (Å²) in [5.74, 6) is 0.881. The Morgan fingerprint density at radius 1 is 1.40 bits per heavy atom. The number of fused-ring (bicyclic) bond motifs is 1. The third-order valence-corrected chi connectivity index (χ3v) is 3.72. The van der Waals surface area contributed by atoms with E-state index in [1.807, 2.05) is 18.2 Å². The number of ketones is 1. The molecule has 2 nitrogen and oxygen atoms in total. The topological polar surface area (TPSA) is 26.3 Å². The van der Waals surface area contributed by atoms with Crippen LogP contribution in [0.15, 0.2) is 23.1 Å². The summed E-state index contributed by atoms with van der Waals surface area (Å²) in [4.78, 5) is 13.0. The predicted molar refractivity (Wildman–Crippen MR) is 61.9 cm³/mol. The number of hydrogen-bond acceptors (Lipinski definition) is 3. The van der Waals surface area contributed by atoms with Crippen LogP contribution in [0.5, 0.6) is 5.75 Å². The van der Waals surface area contributed by atoms with Crippen molar-refractivity contribution >= 4 is 17.5 Å². The van der Waals surface area contributed by atoms with Gasteiger partial charge in [-0.05, 0) is 26.0 Å². The van der Waals surface area contributed by atoms with Crippen molar-refractivity contribution < 1.29 is 9.53 Å². The Balaban J connectivity index is 2.54. The summed E-state index contributed by atoms with van der Waals surface area (Å²) in [6.45, 7) is 4.19. The first kappa shape index (κ1) is 10.6. The molecule has 0 atom stereocenters. The van der Waals surface area contributed by atoms with Gasteiger partial charge in [0.1, 0.15) is 5.75 Å². The average molecular weight is 222 g/mol. The number of carbonyl (C=O) groups excluding carboxylic acids is 1. The average Bonchev–Trinajstić information content (AvgIpc) is 2.14. The molecule has 0 radical (unpaired) electrons. The van der Waals surface area contributed by atoms with Crippen LogP contribution in [-0.4, -0.2) is 17.6 Å². The van der Waals surface area contributed by atoms with Crippen LogP contribution in [0.1, 0.15) is 30.6 Å². The molecule has 3 heteroatoms. The standard InChI is InChI=1S/C12H14O2S/c1-12(2)7-8(13)11-9(14-3)5-4-6-10(11)15-12/h4-6H,7H2,1-3H3. The number of Topliss-reactive ketones (excluding diaryl/α,β-unsaturated/α-hetero) is 1. The highest BCUT2D eigenvalue weighted by Gasteiger charge is 2.33. The molecule has 1 aromatic rings. The Kier molecular flexibility index (Phi) is 2.51. The molecule has 0 spiro atoms. The lowest BCUT2D eigenvalue weighted by atomic mass is 9.99. The minimum atomic E-state index is -0.00352. The number of benzene rings is 1. The normalized spacial score (nSPS) is 18.5. The molecule has 80 valence electrons. The summed E-state index contributed by atoms with van der Waals surface area (Å²) in [7, 11) is 1.60. The predicted octanol–water partition coefficient (Wildman–Crippen LogP) is 3.15. The number of ether oxygens (including phenoxy) is 1. The second-order valence-electron chi connectivity index (χ2n) is 4.30. The van der Waals surface area contributed by atoms with Crippen molar-refractivity contribution in [3.05, 3.63) is 23.8 Å². The molecule has 0 aliphatic carbocycles. The first-order valence-electron chi connectivity index (χ1n) is 4.93. The van der Waals surface area contributed by atoms with Gasteiger partial charge in [0.05, 0.1) is 12.7 Å². The van der Waals surface area contributed by atoms with Crippen LogP contribution in [0.2, 0.25) is 0 Å². The molecule has 0 fully saturated rings. The van der Waals surface area contributed by atoms with E-state index in [4.69, 9.17) is 4.74 Å². The molecule has 0 aromatic heterocycles. The van der Waals surface area contributed by atoms with E-state index in [9.17, 15) is 4.79 Å². The number of carbonyl (C=O) groups is 1. The zero-order valence-corrected chi connectivity index (χ0v) is 9.98. The van der Waals surface area contributed by atoms with E-state index < -0.39 is 0 Å². The Labute approximate surface area is 94.0 Å². The molecular formula is C12H14O2S. The maximum Gasteiger partial charge on any atom is 0.169 e. The molecule has 1 aromatic carbocycles. The number of thioether (sulfide) groups is 1. The van der Waals surface area contributed by atoms with E-state index in [1.165, 1.54) is 0 Å². The molecule has 0 unspecified atom stereocenters. The second kappa shape index (κ2) is 3.56. The summed E-state index contributed by atoms with van der Waals surface area (Å²) in [5, 5.41) is 0. The molecule has 0 saturated heterocycles. The molecule has 15 heavy (non-hydrogen) atoms. The molecule has 0 amide bonds. The lowest BCUT2D eigenvalue weighted by Crippen LogP contribution is -2.25. The third kappa shape index (κ3) is 1.88. The van der Waals surface area contributed by atoms with Crippen LogP contribution in [0, 0.1) is 0 Å². The van der Waals surface area contributed by atoms with Crippen molar-refractivity contribution in [3.63, 3.8) is 0 Å². The van der Waals surface area contributed by atoms with Crippen LogP contribution >= 0.6 is 11.8 Å². The van der Waals surface area contributed by atoms with E-state index in [2.05, 4.69) is 13.8 Å². The van der Waals surface area contributed by atoms with E-state index >= 15 is 0 Å². The van der Waals surface area contributed by atoms with Gasteiger partial charge in [-0.15, -0.1) is 11.8 Å². The Morgan fingerprint density at radius 2 is 2.13 bits per heavy atom. The minimum absolute atomic E-state index is 0.00352. The fourth-order valence-corrected chi connectivity index (χ4v) is 3.11. The Hall–Kier alpha value is -0.960. The van der Waals surface area contributed by atoms with Crippen molar-refractivity contribution in [1.29, 1.82) is 0 Å². The van der Waals surface area contributed by atoms with Gasteiger partial charge in [0.2, 0.25) is 0 Å². The summed E-state index contributed by atoms with van der Waals surface area (Å²) in [5.41, 5.74) is 0.754. The van der Waals surface area contributed by atoms with Gasteiger partial charge in [-0.1, -0.05) is 6.07 Å². The third-order valence-electron chi connectivity index (χ3n) is 2.46. The summed E-state index contributed by atoms with van der Waals surface area (Å²) < 4.78 is 5.21. The van der Waals surface area contributed by atoms with Gasteiger partial charge in [0.25, 0.3) is 0 Å². The lowest BCUT2D eigenvalue weighted by Gasteiger charge is -2.30. The summed E-state index contributed by atoms with van der Waals surface area (Å²) in [6.07, 6.45) is 0.574. The first-order valence-corrected chi connectivity index (χ1v) is 5.74. The van der Waals surface area contributed by atoms with E-state index in [0.717, 1.165) is 10.5 Å². The fraction of sp³-hybridized carbons (Fsp3) is 0.417. The Morgan fingerprint density at radius 3 is 2.80 bits per heavy atom. The van der Waals surface area contributed by atoms with Gasteiger partial charge in [-0.25, -0.2) is 0 Å². The molecular weight excluding hydrogens is 208 g/mol. The van der Waals surface area contributed by atoms with E-state index in [0.29, 0.717) is 12.2 Å².